The number of carbonyl (C=O) groups is 1. The second-order valence-corrected chi connectivity index (χ2v) is 4.92. The number of benzene rings is 1. The van der Waals surface area contributed by atoms with Gasteiger partial charge in [0.05, 0.1) is 17.3 Å². The number of nitrogens with two attached hydrogens (primary N) is 1. The number of amides is 1. The summed E-state index contributed by atoms with van der Waals surface area (Å²) in [5.41, 5.74) is 6.83. The highest BCUT2D eigenvalue weighted by Gasteiger charge is 2.10. The van der Waals surface area contributed by atoms with Crippen LogP contribution in [0.25, 0.3) is 0 Å². The molecule has 0 saturated carbocycles. The van der Waals surface area contributed by atoms with Gasteiger partial charge in [-0.15, -0.1) is 0 Å². The SMILES string of the molecule is CCCCN(CC)CC(=O)Nc1cc(N)ccc1Cl. The number of nitrogens with zero attached hydrogens (tertiary/aromatic N) is 1. The van der Waals surface area contributed by atoms with Crippen LogP contribution in [0.3, 0.4) is 0 Å². The Labute approximate surface area is 119 Å². The molecule has 1 rings (SSSR count). The average Bonchev–Trinajstić information content (AvgIpc) is 2.38. The van der Waals surface area contributed by atoms with Crippen molar-refractivity contribution in [1.29, 1.82) is 0 Å². The summed E-state index contributed by atoms with van der Waals surface area (Å²) in [4.78, 5) is 14.1. The standard InChI is InChI=1S/C14H22ClN3O/c1-3-5-8-18(4-2)10-14(19)17-13-9-11(16)6-7-12(13)15/h6-7,9H,3-5,8,10,16H2,1-2H3,(H,17,19). The van der Waals surface area contributed by atoms with Gasteiger partial charge in [0.2, 0.25) is 5.91 Å². The van der Waals surface area contributed by atoms with Gasteiger partial charge in [-0.3, -0.25) is 9.69 Å². The number of anilines is 2. The normalized spacial score (nSPS) is 10.7. The van der Waals surface area contributed by atoms with Crippen molar-refractivity contribution in [3.8, 4) is 0 Å². The molecule has 0 radical (unpaired) electrons. The van der Waals surface area contributed by atoms with Crippen LogP contribution in [-0.2, 0) is 4.79 Å². The first-order chi connectivity index (χ1) is 9.06. The van der Waals surface area contributed by atoms with Crippen LogP contribution in [0.4, 0.5) is 11.4 Å². The van der Waals surface area contributed by atoms with E-state index in [9.17, 15) is 4.79 Å². The first-order valence-electron chi connectivity index (χ1n) is 6.64. The van der Waals surface area contributed by atoms with E-state index in [1.165, 1.54) is 0 Å². The van der Waals surface area contributed by atoms with Gasteiger partial charge in [-0.2, -0.15) is 0 Å². The van der Waals surface area contributed by atoms with Crippen LogP contribution in [0, 0.1) is 0 Å². The number of nitrogens with one attached hydrogen (secondary N) is 1. The zero-order chi connectivity index (χ0) is 14.3. The third-order valence-electron chi connectivity index (χ3n) is 2.91. The summed E-state index contributed by atoms with van der Waals surface area (Å²) in [6.07, 6.45) is 2.22. The lowest BCUT2D eigenvalue weighted by Crippen LogP contribution is -2.33. The Hall–Kier alpha value is -1.26. The molecule has 0 aliphatic rings. The molecule has 1 amide bonds. The number of carbonyl (C=O) groups excluding carboxylic acids is 1. The molecule has 1 aromatic carbocycles. The largest absolute Gasteiger partial charge is 0.399 e. The van der Waals surface area contributed by atoms with Gasteiger partial charge in [0.25, 0.3) is 0 Å². The second-order valence-electron chi connectivity index (χ2n) is 4.51. The van der Waals surface area contributed by atoms with Gasteiger partial charge in [0.15, 0.2) is 0 Å². The smallest absolute Gasteiger partial charge is 0.238 e. The Morgan fingerprint density at radius 1 is 1.42 bits per heavy atom. The lowest BCUT2D eigenvalue weighted by molar-refractivity contribution is -0.117. The van der Waals surface area contributed by atoms with Crippen LogP contribution in [0.1, 0.15) is 26.7 Å². The van der Waals surface area contributed by atoms with Crippen molar-refractivity contribution < 1.29 is 4.79 Å². The van der Waals surface area contributed by atoms with Crippen molar-refractivity contribution >= 4 is 28.9 Å². The average molecular weight is 284 g/mol. The molecule has 0 fully saturated rings. The Morgan fingerprint density at radius 3 is 2.79 bits per heavy atom. The Bertz CT molecular complexity index is 423. The zero-order valence-corrected chi connectivity index (χ0v) is 12.3. The fraction of sp³-hybridized carbons (Fsp3) is 0.500. The number of hydrogen-bond acceptors (Lipinski definition) is 3. The number of nitrogen functional groups attached to an aromatic ring is 1. The van der Waals surface area contributed by atoms with E-state index in [-0.39, 0.29) is 5.91 Å². The fourth-order valence-electron chi connectivity index (χ4n) is 1.76. The van der Waals surface area contributed by atoms with E-state index in [0.29, 0.717) is 22.9 Å². The lowest BCUT2D eigenvalue weighted by Gasteiger charge is -2.19. The third kappa shape index (κ3) is 5.49. The summed E-state index contributed by atoms with van der Waals surface area (Å²) in [5, 5.41) is 3.30. The lowest BCUT2D eigenvalue weighted by atomic mass is 10.2. The summed E-state index contributed by atoms with van der Waals surface area (Å²) in [6.45, 7) is 6.36. The molecule has 19 heavy (non-hydrogen) atoms. The van der Waals surface area contributed by atoms with Crippen molar-refractivity contribution in [2.45, 2.75) is 26.7 Å². The molecular formula is C14H22ClN3O. The zero-order valence-electron chi connectivity index (χ0n) is 11.6. The molecule has 0 heterocycles. The molecular weight excluding hydrogens is 262 g/mol. The van der Waals surface area contributed by atoms with Crippen molar-refractivity contribution in [3.05, 3.63) is 23.2 Å². The highest BCUT2D eigenvalue weighted by atomic mass is 35.5. The van der Waals surface area contributed by atoms with E-state index in [1.54, 1.807) is 18.2 Å². The maximum atomic E-state index is 12.0. The number of likely N-dealkylation sites (N-methyl/N-ethyl adjacent to an activating group) is 1. The molecule has 0 unspecified atom stereocenters. The summed E-state index contributed by atoms with van der Waals surface area (Å²) in [7, 11) is 0. The first kappa shape index (κ1) is 15.8. The fourth-order valence-corrected chi connectivity index (χ4v) is 1.93. The number of hydrogen-bond donors (Lipinski definition) is 2. The van der Waals surface area contributed by atoms with Gasteiger partial charge in [-0.05, 0) is 37.7 Å². The second kappa shape index (κ2) is 8.02. The van der Waals surface area contributed by atoms with Crippen molar-refractivity contribution in [3.63, 3.8) is 0 Å². The van der Waals surface area contributed by atoms with Crippen LogP contribution in [0.5, 0.6) is 0 Å². The first-order valence-corrected chi connectivity index (χ1v) is 7.01. The van der Waals surface area contributed by atoms with E-state index in [0.717, 1.165) is 25.9 Å². The maximum absolute atomic E-state index is 12.0. The van der Waals surface area contributed by atoms with Crippen LogP contribution in [0.2, 0.25) is 5.02 Å². The van der Waals surface area contributed by atoms with Crippen LogP contribution in [-0.4, -0.2) is 30.4 Å². The van der Waals surface area contributed by atoms with Crippen LogP contribution >= 0.6 is 11.6 Å². The molecule has 4 nitrogen and oxygen atoms in total. The Balaban J connectivity index is 2.56. The molecule has 106 valence electrons. The molecule has 0 aliphatic heterocycles. The van der Waals surface area contributed by atoms with Crippen LogP contribution in [0.15, 0.2) is 18.2 Å². The van der Waals surface area contributed by atoms with E-state index in [2.05, 4.69) is 24.1 Å². The van der Waals surface area contributed by atoms with Gasteiger partial charge < -0.3 is 11.1 Å². The maximum Gasteiger partial charge on any atom is 0.238 e. The minimum Gasteiger partial charge on any atom is -0.399 e. The number of rotatable bonds is 7. The monoisotopic (exact) mass is 283 g/mol. The predicted octanol–water partition coefficient (Wildman–Crippen LogP) is 2.98. The summed E-state index contributed by atoms with van der Waals surface area (Å²) >= 11 is 6.01. The van der Waals surface area contributed by atoms with Crippen molar-refractivity contribution in [1.82, 2.24) is 4.90 Å². The molecule has 1 aromatic rings. The highest BCUT2D eigenvalue weighted by molar-refractivity contribution is 6.33. The van der Waals surface area contributed by atoms with E-state index < -0.39 is 0 Å². The molecule has 5 heteroatoms. The minimum atomic E-state index is -0.0644. The summed E-state index contributed by atoms with van der Waals surface area (Å²) in [6, 6.07) is 5.06. The molecule has 0 aromatic heterocycles. The minimum absolute atomic E-state index is 0.0644. The van der Waals surface area contributed by atoms with Gasteiger partial charge in [0.1, 0.15) is 0 Å². The number of halogens is 1. The Kier molecular flexibility index (Phi) is 6.67. The van der Waals surface area contributed by atoms with Gasteiger partial charge in [0, 0.05) is 5.69 Å². The van der Waals surface area contributed by atoms with E-state index >= 15 is 0 Å². The van der Waals surface area contributed by atoms with Gasteiger partial charge in [-0.25, -0.2) is 0 Å². The highest BCUT2D eigenvalue weighted by Crippen LogP contribution is 2.23. The van der Waals surface area contributed by atoms with Gasteiger partial charge >= 0.3 is 0 Å². The molecule has 0 spiro atoms. The number of unbranched alkanes of at least 4 members (excludes halogenated alkanes) is 1. The van der Waals surface area contributed by atoms with Crippen LogP contribution < -0.4 is 11.1 Å². The van der Waals surface area contributed by atoms with E-state index in [1.807, 2.05) is 0 Å². The third-order valence-corrected chi connectivity index (χ3v) is 3.24. The summed E-state index contributed by atoms with van der Waals surface area (Å²) < 4.78 is 0. The molecule has 0 saturated heterocycles. The van der Waals surface area contributed by atoms with Crippen molar-refractivity contribution in [2.75, 3.05) is 30.7 Å². The molecule has 0 bridgehead atoms. The van der Waals surface area contributed by atoms with E-state index in [4.69, 9.17) is 17.3 Å². The molecule has 0 aliphatic carbocycles. The quantitative estimate of drug-likeness (QED) is 0.757. The predicted molar refractivity (Wildman–Crippen MR) is 81.5 cm³/mol. The van der Waals surface area contributed by atoms with Crippen molar-refractivity contribution in [2.24, 2.45) is 0 Å². The topological polar surface area (TPSA) is 58.4 Å². The molecule has 0 atom stereocenters. The molecule has 3 N–H and O–H groups in total. The van der Waals surface area contributed by atoms with Gasteiger partial charge in [-0.1, -0.05) is 31.9 Å². The Morgan fingerprint density at radius 2 is 2.16 bits per heavy atom. The summed E-state index contributed by atoms with van der Waals surface area (Å²) in [5.74, 6) is -0.0644.